The van der Waals surface area contributed by atoms with Crippen LogP contribution in [0.5, 0.6) is 17.2 Å². The fourth-order valence-electron chi connectivity index (χ4n) is 7.67. The van der Waals surface area contributed by atoms with E-state index in [1.54, 1.807) is 0 Å². The molecule has 0 aliphatic carbocycles. The molecule has 0 amide bonds. The van der Waals surface area contributed by atoms with Gasteiger partial charge in [-0.25, -0.2) is 9.97 Å². The first-order chi connectivity index (χ1) is 24.6. The van der Waals surface area contributed by atoms with Crippen molar-refractivity contribution in [1.29, 1.82) is 0 Å². The summed E-state index contributed by atoms with van der Waals surface area (Å²) in [5.74, 6) is 3.89. The molecule has 0 bridgehead atoms. The maximum absolute atomic E-state index is 6.97. The number of aromatic nitrogens is 3. The predicted molar refractivity (Wildman–Crippen MR) is 203 cm³/mol. The van der Waals surface area contributed by atoms with Crippen LogP contribution in [0.1, 0.15) is 20.8 Å². The molecule has 8 aromatic rings. The molecule has 0 radical (unpaired) electrons. The van der Waals surface area contributed by atoms with E-state index in [1.807, 2.05) is 25.1 Å². The van der Waals surface area contributed by atoms with Gasteiger partial charge in [-0.05, 0) is 54.1 Å². The topological polar surface area (TPSA) is 52.4 Å². The molecule has 6 nitrogen and oxygen atoms in total. The zero-order valence-corrected chi connectivity index (χ0v) is 27.9. The molecule has 0 saturated carbocycles. The summed E-state index contributed by atoms with van der Waals surface area (Å²) in [5, 5.41) is 5.39. The van der Waals surface area contributed by atoms with Crippen LogP contribution < -0.4 is 14.4 Å². The minimum Gasteiger partial charge on any atom is -0.457 e. The lowest BCUT2D eigenvalue weighted by molar-refractivity contribution is 0.351. The quantitative estimate of drug-likeness (QED) is 0.190. The molecule has 0 spiro atoms. The van der Waals surface area contributed by atoms with Gasteiger partial charge >= 0.3 is 0 Å². The zero-order chi connectivity index (χ0) is 33.5. The van der Waals surface area contributed by atoms with E-state index in [0.717, 1.165) is 83.7 Å². The van der Waals surface area contributed by atoms with Gasteiger partial charge in [0.1, 0.15) is 17.0 Å². The second-order valence-electron chi connectivity index (χ2n) is 13.1. The minimum atomic E-state index is 0.156. The highest BCUT2D eigenvalue weighted by molar-refractivity contribution is 6.15. The third kappa shape index (κ3) is 4.02. The van der Waals surface area contributed by atoms with E-state index in [9.17, 15) is 0 Å². The lowest BCUT2D eigenvalue weighted by Gasteiger charge is -2.39. The third-order valence-electron chi connectivity index (χ3n) is 9.79. The number of allylic oxidation sites excluding steroid dienone is 3. The molecule has 4 heterocycles. The highest BCUT2D eigenvalue weighted by Crippen LogP contribution is 2.59. The highest BCUT2D eigenvalue weighted by atomic mass is 16.5. The molecular weight excluding hydrogens is 617 g/mol. The molecule has 240 valence electrons. The monoisotopic (exact) mass is 648 g/mol. The Morgan fingerprint density at radius 1 is 0.680 bits per heavy atom. The predicted octanol–water partition coefficient (Wildman–Crippen LogP) is 11.6. The van der Waals surface area contributed by atoms with Gasteiger partial charge in [0, 0.05) is 27.6 Å². The van der Waals surface area contributed by atoms with Gasteiger partial charge in [0.15, 0.2) is 17.2 Å². The molecule has 10 rings (SSSR count). The van der Waals surface area contributed by atoms with Gasteiger partial charge in [-0.2, -0.15) is 0 Å². The van der Waals surface area contributed by atoms with E-state index in [1.165, 1.54) is 5.39 Å². The summed E-state index contributed by atoms with van der Waals surface area (Å²) in [6.07, 6.45) is 4.20. The van der Waals surface area contributed by atoms with Crippen molar-refractivity contribution in [3.63, 3.8) is 0 Å². The van der Waals surface area contributed by atoms with Gasteiger partial charge in [-0.15, -0.1) is 0 Å². The summed E-state index contributed by atoms with van der Waals surface area (Å²) in [4.78, 5) is 13.0. The number of anilines is 2. The molecule has 0 unspecified atom stereocenters. The molecule has 2 aliphatic heterocycles. The average Bonchev–Trinajstić information content (AvgIpc) is 3.49. The van der Waals surface area contributed by atoms with Crippen molar-refractivity contribution in [3.05, 3.63) is 145 Å². The lowest BCUT2D eigenvalue weighted by Crippen LogP contribution is -2.28. The van der Waals surface area contributed by atoms with E-state index in [0.29, 0.717) is 11.7 Å². The Balaban J connectivity index is 1.34. The average molecular weight is 649 g/mol. The van der Waals surface area contributed by atoms with E-state index in [4.69, 9.17) is 19.4 Å². The number of hydrogen-bond acceptors (Lipinski definition) is 5. The van der Waals surface area contributed by atoms with Crippen LogP contribution >= 0.6 is 0 Å². The molecule has 2 aromatic heterocycles. The first-order valence-electron chi connectivity index (χ1n) is 17.1. The van der Waals surface area contributed by atoms with Crippen molar-refractivity contribution in [1.82, 2.24) is 14.5 Å². The molecule has 0 saturated heterocycles. The Bertz CT molecular complexity index is 2770. The summed E-state index contributed by atoms with van der Waals surface area (Å²) < 4.78 is 16.0. The molecular formula is C44H32N4O2. The first kappa shape index (κ1) is 28.6. The zero-order valence-electron chi connectivity index (χ0n) is 27.9. The molecule has 6 heteroatoms. The molecule has 0 atom stereocenters. The number of para-hydroxylation sites is 4. The molecule has 0 N–H and O–H groups in total. The van der Waals surface area contributed by atoms with Crippen molar-refractivity contribution in [2.45, 2.75) is 20.8 Å². The van der Waals surface area contributed by atoms with Crippen molar-refractivity contribution >= 4 is 54.9 Å². The maximum Gasteiger partial charge on any atom is 0.235 e. The Hall–Kier alpha value is -6.40. The summed E-state index contributed by atoms with van der Waals surface area (Å²) in [5.41, 5.74) is 7.53. The summed E-state index contributed by atoms with van der Waals surface area (Å²) in [6.45, 7) is 6.39. The highest BCUT2D eigenvalue weighted by Gasteiger charge is 2.39. The Morgan fingerprint density at radius 2 is 1.42 bits per heavy atom. The van der Waals surface area contributed by atoms with Crippen molar-refractivity contribution in [2.24, 2.45) is 5.92 Å². The van der Waals surface area contributed by atoms with Crippen molar-refractivity contribution < 1.29 is 9.47 Å². The van der Waals surface area contributed by atoms with E-state index >= 15 is 0 Å². The molecule has 2 aliphatic rings. The van der Waals surface area contributed by atoms with Crippen molar-refractivity contribution in [3.8, 4) is 34.5 Å². The standard InChI is InChI=1S/C44H32N4O2/c1-4-14-36-42(26(2)3)50-38-25-32-29-18-8-10-22-34(29)48(40(32)43-41(38)47(36)35-23-11-12-24-37(35)49-43)44-45-33-21-9-7-19-31(33)39(46-44)30-20-13-16-27-15-5-6-17-28(27)30/h4-26H,1-3H3/b14-4-. The van der Waals surface area contributed by atoms with Crippen LogP contribution in [-0.4, -0.2) is 14.5 Å². The van der Waals surface area contributed by atoms with Gasteiger partial charge in [0.2, 0.25) is 5.95 Å². The molecule has 0 fully saturated rings. The number of ether oxygens (including phenoxy) is 2. The number of fused-ring (bicyclic) bond motifs is 8. The lowest BCUT2D eigenvalue weighted by atomic mass is 9.99. The fourth-order valence-corrected chi connectivity index (χ4v) is 7.67. The van der Waals surface area contributed by atoms with Crippen LogP contribution in [0.4, 0.5) is 11.4 Å². The van der Waals surface area contributed by atoms with Crippen LogP contribution in [0, 0.1) is 5.92 Å². The van der Waals surface area contributed by atoms with Crippen LogP contribution in [-0.2, 0) is 0 Å². The van der Waals surface area contributed by atoms with Crippen LogP contribution in [0.15, 0.2) is 145 Å². The third-order valence-corrected chi connectivity index (χ3v) is 9.79. The normalized spacial score (nSPS) is 13.8. The number of nitrogens with zero attached hydrogens (tertiary/aromatic N) is 4. The number of hydrogen-bond donors (Lipinski definition) is 0. The van der Waals surface area contributed by atoms with E-state index < -0.39 is 0 Å². The van der Waals surface area contributed by atoms with Crippen molar-refractivity contribution in [2.75, 3.05) is 4.90 Å². The number of benzene rings is 6. The summed E-state index contributed by atoms with van der Waals surface area (Å²) >= 11 is 0. The number of rotatable bonds is 4. The molecule has 6 aromatic carbocycles. The smallest absolute Gasteiger partial charge is 0.235 e. The second kappa shape index (κ2) is 10.8. The van der Waals surface area contributed by atoms with Gasteiger partial charge < -0.3 is 9.47 Å². The fraction of sp³-hybridized carbons (Fsp3) is 0.0909. The second-order valence-corrected chi connectivity index (χ2v) is 13.1. The van der Waals surface area contributed by atoms with Gasteiger partial charge in [-0.3, -0.25) is 9.47 Å². The van der Waals surface area contributed by atoms with Gasteiger partial charge in [-0.1, -0.05) is 111 Å². The Labute approximate surface area is 289 Å². The maximum atomic E-state index is 6.97. The van der Waals surface area contributed by atoms with Crippen LogP contribution in [0.2, 0.25) is 0 Å². The van der Waals surface area contributed by atoms with E-state index in [2.05, 4.69) is 139 Å². The van der Waals surface area contributed by atoms with Crippen LogP contribution in [0.3, 0.4) is 0 Å². The molecule has 50 heavy (non-hydrogen) atoms. The van der Waals surface area contributed by atoms with Gasteiger partial charge in [0.25, 0.3) is 0 Å². The van der Waals surface area contributed by atoms with Crippen LogP contribution in [0.25, 0.3) is 60.7 Å². The largest absolute Gasteiger partial charge is 0.457 e. The Morgan fingerprint density at radius 3 is 2.28 bits per heavy atom. The van der Waals surface area contributed by atoms with E-state index in [-0.39, 0.29) is 5.92 Å². The summed E-state index contributed by atoms with van der Waals surface area (Å²) in [6, 6.07) is 42.0. The SMILES string of the molecule is C/C=C\C1=C(C(C)C)Oc2cc3c4ccccc4n(-c4nc(-c5cccc6ccccc56)c5ccccc5n4)c3c3c2N1c1ccccc1O3. The summed E-state index contributed by atoms with van der Waals surface area (Å²) in [7, 11) is 0. The minimum absolute atomic E-state index is 0.156. The first-order valence-corrected chi connectivity index (χ1v) is 17.1. The van der Waals surface area contributed by atoms with Gasteiger partial charge in [0.05, 0.1) is 28.1 Å². The Kier molecular flexibility index (Phi) is 6.18.